The molecule has 6 aromatic rings. The Labute approximate surface area is 520 Å². The minimum Gasteiger partial charge on any atom is -0.491 e. The quantitative estimate of drug-likeness (QED) is 0.0365. The van der Waals surface area contributed by atoms with Gasteiger partial charge in [0.2, 0.25) is 7.38 Å². The number of hydrogen-bond acceptors (Lipinski definition) is 8. The molecule has 0 radical (unpaired) electrons. The third kappa shape index (κ3) is 19.2. The first-order valence-corrected chi connectivity index (χ1v) is 36.5. The molecule has 85 heavy (non-hydrogen) atoms. The predicted molar refractivity (Wildman–Crippen MR) is 360 cm³/mol. The van der Waals surface area contributed by atoms with E-state index in [0.29, 0.717) is 43.9 Å². The maximum Gasteiger partial charge on any atom is 0.261 e. The molecule has 6 aromatic carbocycles. The number of benzene rings is 6. The monoisotopic (exact) mass is 1210 g/mol. The zero-order valence-electron chi connectivity index (χ0n) is 54.2. The van der Waals surface area contributed by atoms with Crippen molar-refractivity contribution in [2.45, 2.75) is 182 Å². The number of rotatable bonds is 24. The fourth-order valence-electron chi connectivity index (χ4n) is 12.9. The maximum absolute atomic E-state index is 9.16. The van der Waals surface area contributed by atoms with Gasteiger partial charge in [-0.1, -0.05) is 187 Å². The molecular formula is C74H105ClO8Si2. The van der Waals surface area contributed by atoms with E-state index in [-0.39, 0.29) is 34.5 Å². The molecule has 11 heteroatoms. The first-order chi connectivity index (χ1) is 40.7. The van der Waals surface area contributed by atoms with Crippen molar-refractivity contribution in [3.8, 4) is 11.5 Å². The van der Waals surface area contributed by atoms with Crippen molar-refractivity contribution in [2.75, 3.05) is 41.0 Å². The third-order valence-electron chi connectivity index (χ3n) is 17.4. The van der Waals surface area contributed by atoms with Crippen LogP contribution in [0, 0.1) is 37.5 Å². The van der Waals surface area contributed by atoms with Gasteiger partial charge in [0.1, 0.15) is 25.1 Å². The van der Waals surface area contributed by atoms with Crippen molar-refractivity contribution in [1.82, 2.24) is 0 Å². The van der Waals surface area contributed by atoms with Crippen molar-refractivity contribution in [2.24, 2.45) is 23.7 Å². The van der Waals surface area contributed by atoms with E-state index < -0.39 is 15.7 Å². The Morgan fingerprint density at radius 1 is 0.482 bits per heavy atom. The highest BCUT2D eigenvalue weighted by Crippen LogP contribution is 2.44. The zero-order chi connectivity index (χ0) is 61.6. The summed E-state index contributed by atoms with van der Waals surface area (Å²) in [6.45, 7) is 27.9. The Balaban J connectivity index is 0.000000227. The molecule has 0 amide bonds. The molecule has 0 aliphatic heterocycles. The van der Waals surface area contributed by atoms with Gasteiger partial charge in [0.05, 0.1) is 24.4 Å². The molecule has 8 nitrogen and oxygen atoms in total. The van der Waals surface area contributed by atoms with Gasteiger partial charge in [0, 0.05) is 27.4 Å². The lowest BCUT2D eigenvalue weighted by atomic mass is 9.76. The van der Waals surface area contributed by atoms with Crippen LogP contribution < -0.4 is 30.2 Å². The number of ether oxygens (including phenoxy) is 6. The fraction of sp³-hybridized carbons (Fsp3) is 0.514. The largest absolute Gasteiger partial charge is 0.491 e. The number of aliphatic hydroxyl groups excluding tert-OH is 1. The second kappa shape index (κ2) is 33.7. The Bertz CT molecular complexity index is 2730. The molecule has 2 aliphatic rings. The van der Waals surface area contributed by atoms with E-state index in [9.17, 15) is 0 Å². The molecule has 2 aliphatic carbocycles. The van der Waals surface area contributed by atoms with Crippen LogP contribution in [0.2, 0.25) is 10.1 Å². The highest BCUT2D eigenvalue weighted by atomic mass is 35.6. The summed E-state index contributed by atoms with van der Waals surface area (Å²) in [4.78, 5) is 0. The summed E-state index contributed by atoms with van der Waals surface area (Å²) in [7, 11) is -1.36. The van der Waals surface area contributed by atoms with Crippen LogP contribution >= 0.6 is 11.1 Å². The van der Waals surface area contributed by atoms with Crippen LogP contribution in [-0.4, -0.2) is 74.0 Å². The van der Waals surface area contributed by atoms with Crippen LogP contribution in [0.1, 0.15) is 168 Å². The van der Waals surface area contributed by atoms with Crippen molar-refractivity contribution in [3.05, 3.63) is 180 Å². The van der Waals surface area contributed by atoms with Crippen LogP contribution in [0.15, 0.2) is 158 Å². The maximum atomic E-state index is 9.16. The number of aliphatic hydroxyl groups is 1. The van der Waals surface area contributed by atoms with Crippen LogP contribution in [0.4, 0.5) is 0 Å². The Kier molecular flexibility index (Phi) is 27.5. The van der Waals surface area contributed by atoms with E-state index in [0.717, 1.165) is 67.8 Å². The first-order valence-electron chi connectivity index (χ1n) is 31.6. The van der Waals surface area contributed by atoms with E-state index in [1.54, 1.807) is 14.2 Å². The summed E-state index contributed by atoms with van der Waals surface area (Å²) >= 11 is 7.21. The standard InChI is InChI=1S/C37H52O4Si.C21H34O4.C16H19ClSi/c1-28(2)41-35-26-32(21-18-29(35)3)36(39-27-38-7)31-22-19-30(20-23-31)24-25-40-42(37(4,5)6,33-14-10-8-11-15-33)34-16-12-9-13-17-34;1-15(2)25-20-13-19(8-5-16(20)3)21(24-14-23-4)18-9-6-17(7-10-18)11-12-22;1-16(2,3)18(17,14-10-6-4-7-11-14)15-12-8-5-9-13-15/h8-18,21,26,28,30-31,36H,19-20,22-25,27H2,1-7H3;5,8,13,15,17-18,21-22H,6-7,9-12,14H2,1-4H3;4-13H,1-3H3. The van der Waals surface area contributed by atoms with Crippen LogP contribution in [0.3, 0.4) is 0 Å². The average Bonchev–Trinajstić information content (AvgIpc) is 1.24. The van der Waals surface area contributed by atoms with Gasteiger partial charge >= 0.3 is 0 Å². The lowest BCUT2D eigenvalue weighted by Crippen LogP contribution is -2.66. The highest BCUT2D eigenvalue weighted by Gasteiger charge is 2.50. The number of halogens is 1. The Morgan fingerprint density at radius 3 is 1.15 bits per heavy atom. The topological polar surface area (TPSA) is 84.8 Å². The molecule has 2 fully saturated rings. The zero-order valence-corrected chi connectivity index (χ0v) is 57.0. The van der Waals surface area contributed by atoms with Gasteiger partial charge in [-0.05, 0) is 195 Å². The molecule has 0 heterocycles. The second-order valence-electron chi connectivity index (χ2n) is 26.4. The molecule has 2 saturated carbocycles. The van der Waals surface area contributed by atoms with Gasteiger partial charge in [-0.15, -0.1) is 0 Å². The van der Waals surface area contributed by atoms with Crippen molar-refractivity contribution >= 4 is 47.5 Å². The molecule has 8 rings (SSSR count). The summed E-state index contributed by atoms with van der Waals surface area (Å²) in [5, 5.41) is 14.5. The smallest absolute Gasteiger partial charge is 0.261 e. The molecule has 2 unspecified atom stereocenters. The van der Waals surface area contributed by atoms with E-state index in [2.05, 4.69) is 215 Å². The molecule has 464 valence electrons. The summed E-state index contributed by atoms with van der Waals surface area (Å²) in [6, 6.07) is 55.9. The van der Waals surface area contributed by atoms with Crippen molar-refractivity contribution in [1.29, 1.82) is 0 Å². The molecule has 1 N–H and O–H groups in total. The van der Waals surface area contributed by atoms with Gasteiger partial charge in [-0.3, -0.25) is 0 Å². The number of methoxy groups -OCH3 is 2. The lowest BCUT2D eigenvalue weighted by Gasteiger charge is -2.43. The Morgan fingerprint density at radius 2 is 0.835 bits per heavy atom. The normalized spacial score (nSPS) is 18.4. The summed E-state index contributed by atoms with van der Waals surface area (Å²) in [5.74, 6) is 4.15. The van der Waals surface area contributed by atoms with Crippen LogP contribution in [0.5, 0.6) is 11.5 Å². The minimum atomic E-state index is -2.49. The van der Waals surface area contributed by atoms with Crippen molar-refractivity contribution < 1.29 is 38.0 Å². The van der Waals surface area contributed by atoms with E-state index in [1.807, 2.05) is 26.0 Å². The predicted octanol–water partition coefficient (Wildman–Crippen LogP) is 16.6. The fourth-order valence-corrected chi connectivity index (χ4v) is 21.6. The van der Waals surface area contributed by atoms with Crippen molar-refractivity contribution in [3.63, 3.8) is 0 Å². The minimum absolute atomic E-state index is 0.00541. The van der Waals surface area contributed by atoms with Gasteiger partial charge in [0.15, 0.2) is 0 Å². The second-order valence-corrected chi connectivity index (χ2v) is 36.4. The van der Waals surface area contributed by atoms with Gasteiger partial charge in [-0.25, -0.2) is 0 Å². The lowest BCUT2D eigenvalue weighted by molar-refractivity contribution is -0.100. The van der Waals surface area contributed by atoms with Gasteiger partial charge in [-0.2, -0.15) is 11.1 Å². The van der Waals surface area contributed by atoms with Gasteiger partial charge in [0.25, 0.3) is 8.32 Å². The van der Waals surface area contributed by atoms with E-state index in [1.165, 1.54) is 57.6 Å². The molecule has 0 aromatic heterocycles. The molecule has 0 bridgehead atoms. The summed E-state index contributed by atoms with van der Waals surface area (Å²) in [6.07, 6.45) is 11.6. The molecule has 0 saturated heterocycles. The number of aryl methyl sites for hydroxylation is 2. The van der Waals surface area contributed by atoms with E-state index >= 15 is 0 Å². The third-order valence-corrected chi connectivity index (χ3v) is 29.7. The highest BCUT2D eigenvalue weighted by molar-refractivity contribution is 7.35. The molecule has 0 spiro atoms. The Hall–Kier alpha value is -4.60. The summed E-state index contributed by atoms with van der Waals surface area (Å²) < 4.78 is 42.2. The van der Waals surface area contributed by atoms with E-state index in [4.69, 9.17) is 49.0 Å². The molecular weight excluding hydrogens is 1110 g/mol. The first kappa shape index (κ1) is 69.5. The van der Waals surface area contributed by atoms with Gasteiger partial charge < -0.3 is 38.0 Å². The van der Waals surface area contributed by atoms with Crippen LogP contribution in [-0.2, 0) is 23.4 Å². The average molecular weight is 1210 g/mol. The molecule has 2 atom stereocenters. The SMILES string of the molecule is CC(C)(C)[Si](Cl)(c1ccccc1)c1ccccc1.COCOC(c1ccc(C)c(OC(C)C)c1)C1CCC(CCO)CC1.COCOC(c1ccc(C)c(OC(C)C)c1)C1CCC(CCO[Si](c2ccccc2)(c2ccccc2)C(C)(C)C)CC1. The summed E-state index contributed by atoms with van der Waals surface area (Å²) in [5.41, 5.74) is 4.66. The number of hydrogen-bond donors (Lipinski definition) is 1. The van der Waals surface area contributed by atoms with Crippen LogP contribution in [0.25, 0.3) is 0 Å².